The Morgan fingerprint density at radius 2 is 2.16 bits per heavy atom. The lowest BCUT2D eigenvalue weighted by Gasteiger charge is -2.12. The van der Waals surface area contributed by atoms with Crippen molar-refractivity contribution in [1.82, 2.24) is 14.8 Å². The topological polar surface area (TPSA) is 56.7 Å². The first-order valence-corrected chi connectivity index (χ1v) is 6.79. The van der Waals surface area contributed by atoms with E-state index in [-0.39, 0.29) is 6.04 Å². The molecule has 0 fully saturated rings. The summed E-state index contributed by atoms with van der Waals surface area (Å²) in [5.74, 6) is 0. The molecule has 2 aromatic rings. The molecule has 2 aromatic heterocycles. The fourth-order valence-electron chi connectivity index (χ4n) is 2.07. The van der Waals surface area contributed by atoms with Crippen molar-refractivity contribution in [1.29, 1.82) is 0 Å². The maximum atomic E-state index is 6.33. The summed E-state index contributed by atoms with van der Waals surface area (Å²) >= 11 is 6.33. The molecule has 0 saturated carbocycles. The van der Waals surface area contributed by atoms with Crippen molar-refractivity contribution in [3.05, 3.63) is 46.0 Å². The number of pyridine rings is 1. The second-order valence-corrected chi connectivity index (χ2v) is 5.11. The number of hydrogen-bond donors (Lipinski definition) is 1. The zero-order valence-corrected chi connectivity index (χ0v) is 12.3. The van der Waals surface area contributed by atoms with Crippen LogP contribution in [0.3, 0.4) is 0 Å². The van der Waals surface area contributed by atoms with Crippen molar-refractivity contribution in [2.75, 3.05) is 0 Å². The highest BCUT2D eigenvalue weighted by Crippen LogP contribution is 2.25. The maximum Gasteiger partial charge on any atom is 0.0850 e. The molecule has 4 nitrogen and oxygen atoms in total. The van der Waals surface area contributed by atoms with Gasteiger partial charge >= 0.3 is 0 Å². The van der Waals surface area contributed by atoms with Crippen LogP contribution in [-0.2, 0) is 19.9 Å². The molecule has 0 amide bonds. The van der Waals surface area contributed by atoms with Gasteiger partial charge in [0.05, 0.1) is 16.4 Å². The highest BCUT2D eigenvalue weighted by Gasteiger charge is 2.17. The molecule has 0 spiro atoms. The first kappa shape index (κ1) is 14.0. The molecule has 1 unspecified atom stereocenters. The van der Waals surface area contributed by atoms with Gasteiger partial charge in [0, 0.05) is 31.4 Å². The average molecular weight is 279 g/mol. The number of halogens is 1. The van der Waals surface area contributed by atoms with Crippen LogP contribution in [0, 0.1) is 6.92 Å². The van der Waals surface area contributed by atoms with Gasteiger partial charge in [0.2, 0.25) is 0 Å². The third kappa shape index (κ3) is 2.96. The van der Waals surface area contributed by atoms with Gasteiger partial charge in [-0.2, -0.15) is 5.10 Å². The summed E-state index contributed by atoms with van der Waals surface area (Å²) in [6.07, 6.45) is 3.31. The lowest BCUT2D eigenvalue weighted by atomic mass is 10.0. The molecule has 0 aromatic carbocycles. The molecule has 2 heterocycles. The van der Waals surface area contributed by atoms with Crippen LogP contribution in [-0.4, -0.2) is 14.8 Å². The molecule has 102 valence electrons. The van der Waals surface area contributed by atoms with Crippen molar-refractivity contribution < 1.29 is 0 Å². The summed E-state index contributed by atoms with van der Waals surface area (Å²) in [5.41, 5.74) is 10.1. The SMILES string of the molecule is CCc1nn(C)c(CC(N)c2ccc(C)nc2)c1Cl. The molecule has 1 atom stereocenters. The Bertz CT molecular complexity index is 560. The van der Waals surface area contributed by atoms with E-state index in [1.54, 1.807) is 0 Å². The highest BCUT2D eigenvalue weighted by molar-refractivity contribution is 6.31. The van der Waals surface area contributed by atoms with Crippen LogP contribution in [0.2, 0.25) is 5.02 Å². The van der Waals surface area contributed by atoms with Crippen LogP contribution in [0.4, 0.5) is 0 Å². The van der Waals surface area contributed by atoms with Crippen molar-refractivity contribution in [2.45, 2.75) is 32.7 Å². The molecule has 0 bridgehead atoms. The van der Waals surface area contributed by atoms with E-state index >= 15 is 0 Å². The Labute approximate surface area is 118 Å². The third-order valence-electron chi connectivity index (χ3n) is 3.28. The van der Waals surface area contributed by atoms with E-state index in [9.17, 15) is 0 Å². The Morgan fingerprint density at radius 3 is 2.68 bits per heavy atom. The van der Waals surface area contributed by atoms with Gasteiger partial charge in [0.25, 0.3) is 0 Å². The standard InChI is InChI=1S/C14H19ClN4/c1-4-12-14(15)13(19(3)18-12)7-11(16)10-6-5-9(2)17-8-10/h5-6,8,11H,4,7,16H2,1-3H3. The predicted octanol–water partition coefficient (Wildman–Crippen LogP) is 2.58. The molecule has 2 N–H and O–H groups in total. The normalized spacial score (nSPS) is 12.7. The molecule has 5 heteroatoms. The van der Waals surface area contributed by atoms with E-state index in [4.69, 9.17) is 17.3 Å². The van der Waals surface area contributed by atoms with E-state index in [1.165, 1.54) is 0 Å². The van der Waals surface area contributed by atoms with E-state index in [0.717, 1.165) is 34.1 Å². The minimum Gasteiger partial charge on any atom is -0.324 e. The molecule has 0 aliphatic carbocycles. The summed E-state index contributed by atoms with van der Waals surface area (Å²) < 4.78 is 1.82. The van der Waals surface area contributed by atoms with E-state index in [2.05, 4.69) is 10.1 Å². The number of rotatable bonds is 4. The monoisotopic (exact) mass is 278 g/mol. The molecule has 2 rings (SSSR count). The molecule has 0 saturated heterocycles. The van der Waals surface area contributed by atoms with Gasteiger partial charge in [-0.05, 0) is 25.0 Å². The summed E-state index contributed by atoms with van der Waals surface area (Å²) in [5, 5.41) is 5.14. The summed E-state index contributed by atoms with van der Waals surface area (Å²) in [7, 11) is 1.90. The maximum absolute atomic E-state index is 6.33. The highest BCUT2D eigenvalue weighted by atomic mass is 35.5. The smallest absolute Gasteiger partial charge is 0.0850 e. The number of aromatic nitrogens is 3. The summed E-state index contributed by atoms with van der Waals surface area (Å²) in [4.78, 5) is 4.27. The minimum atomic E-state index is -0.120. The van der Waals surface area contributed by atoms with Gasteiger partial charge in [-0.15, -0.1) is 0 Å². The lowest BCUT2D eigenvalue weighted by molar-refractivity contribution is 0.636. The average Bonchev–Trinajstić information content (AvgIpc) is 2.67. The van der Waals surface area contributed by atoms with Crippen molar-refractivity contribution in [3.8, 4) is 0 Å². The van der Waals surface area contributed by atoms with Gasteiger partial charge < -0.3 is 5.73 Å². The number of hydrogen-bond acceptors (Lipinski definition) is 3. The van der Waals surface area contributed by atoms with Crippen LogP contribution >= 0.6 is 11.6 Å². The van der Waals surface area contributed by atoms with Gasteiger partial charge in [-0.25, -0.2) is 0 Å². The lowest BCUT2D eigenvalue weighted by Crippen LogP contribution is -2.16. The fourth-order valence-corrected chi connectivity index (χ4v) is 2.44. The minimum absolute atomic E-state index is 0.120. The van der Waals surface area contributed by atoms with Crippen LogP contribution in [0.15, 0.2) is 18.3 Å². The fraction of sp³-hybridized carbons (Fsp3) is 0.429. The van der Waals surface area contributed by atoms with Crippen LogP contribution in [0.25, 0.3) is 0 Å². The zero-order valence-electron chi connectivity index (χ0n) is 11.5. The van der Waals surface area contributed by atoms with Crippen molar-refractivity contribution in [2.24, 2.45) is 12.8 Å². The number of aryl methyl sites for hydroxylation is 3. The van der Waals surface area contributed by atoms with Crippen LogP contribution in [0.5, 0.6) is 0 Å². The van der Waals surface area contributed by atoms with E-state index in [1.807, 2.05) is 43.9 Å². The molecular formula is C14H19ClN4. The molecule has 0 aliphatic rings. The van der Waals surface area contributed by atoms with Crippen molar-refractivity contribution in [3.63, 3.8) is 0 Å². The summed E-state index contributed by atoms with van der Waals surface area (Å²) in [6.45, 7) is 4.00. The molecule has 0 radical (unpaired) electrons. The van der Waals surface area contributed by atoms with Gasteiger partial charge in [-0.1, -0.05) is 24.6 Å². The van der Waals surface area contributed by atoms with Gasteiger partial charge in [-0.3, -0.25) is 9.67 Å². The van der Waals surface area contributed by atoms with Crippen molar-refractivity contribution >= 4 is 11.6 Å². The third-order valence-corrected chi connectivity index (χ3v) is 3.71. The molecule has 19 heavy (non-hydrogen) atoms. The van der Waals surface area contributed by atoms with Crippen LogP contribution < -0.4 is 5.73 Å². The van der Waals surface area contributed by atoms with Gasteiger partial charge in [0.1, 0.15) is 0 Å². The van der Waals surface area contributed by atoms with Crippen LogP contribution in [0.1, 0.15) is 35.6 Å². The first-order valence-electron chi connectivity index (χ1n) is 6.41. The largest absolute Gasteiger partial charge is 0.324 e. The zero-order chi connectivity index (χ0) is 14.0. The Hall–Kier alpha value is -1.39. The summed E-state index contributed by atoms with van der Waals surface area (Å²) in [6, 6.07) is 3.86. The van der Waals surface area contributed by atoms with Gasteiger partial charge in [0.15, 0.2) is 0 Å². The Balaban J connectivity index is 2.21. The molecule has 0 aliphatic heterocycles. The number of nitrogens with two attached hydrogens (primary N) is 1. The predicted molar refractivity (Wildman–Crippen MR) is 77.2 cm³/mol. The van der Waals surface area contributed by atoms with E-state index < -0.39 is 0 Å². The number of nitrogens with zero attached hydrogens (tertiary/aromatic N) is 3. The Morgan fingerprint density at radius 1 is 1.42 bits per heavy atom. The Kier molecular flexibility index (Phi) is 4.22. The second kappa shape index (κ2) is 5.72. The molecular weight excluding hydrogens is 260 g/mol. The van der Waals surface area contributed by atoms with E-state index in [0.29, 0.717) is 6.42 Å². The first-order chi connectivity index (χ1) is 9.02. The quantitative estimate of drug-likeness (QED) is 0.935. The second-order valence-electron chi connectivity index (χ2n) is 4.73.